The summed E-state index contributed by atoms with van der Waals surface area (Å²) in [6, 6.07) is 6.97. The van der Waals surface area contributed by atoms with Crippen molar-refractivity contribution in [2.24, 2.45) is 0 Å². The van der Waals surface area contributed by atoms with Gasteiger partial charge >= 0.3 is 0 Å². The average Bonchev–Trinajstić information content (AvgIpc) is 3.12. The maximum atomic E-state index is 13.5. The number of rotatable bonds is 4. The number of halogens is 1. The second kappa shape index (κ2) is 6.90. The number of allylic oxidation sites excluding steroid dienone is 1. The summed E-state index contributed by atoms with van der Waals surface area (Å²) in [5.74, 6) is -0.583. The zero-order valence-electron chi connectivity index (χ0n) is 14.9. The Morgan fingerprint density at radius 2 is 2.15 bits per heavy atom. The average molecular weight is 385 g/mol. The third-order valence-corrected chi connectivity index (χ3v) is 6.88. The molecule has 1 atom stereocenters. The van der Waals surface area contributed by atoms with Gasteiger partial charge in [-0.15, -0.1) is 0 Å². The van der Waals surface area contributed by atoms with Crippen molar-refractivity contribution in [2.75, 3.05) is 7.05 Å². The molecular weight excluding hydrogens is 365 g/mol. The van der Waals surface area contributed by atoms with Crippen LogP contribution in [0.4, 0.5) is 4.39 Å². The maximum Gasteiger partial charge on any atom is 0.208 e. The lowest BCUT2D eigenvalue weighted by atomic mass is 9.91. The molecule has 0 spiro atoms. The summed E-state index contributed by atoms with van der Waals surface area (Å²) < 4.78 is 39.6. The van der Waals surface area contributed by atoms with Gasteiger partial charge in [-0.1, -0.05) is 12.1 Å². The fourth-order valence-corrected chi connectivity index (χ4v) is 5.02. The summed E-state index contributed by atoms with van der Waals surface area (Å²) in [5.41, 5.74) is 3.17. The van der Waals surface area contributed by atoms with Crippen LogP contribution >= 0.6 is 0 Å². The highest BCUT2D eigenvalue weighted by Crippen LogP contribution is 2.34. The van der Waals surface area contributed by atoms with Crippen LogP contribution in [-0.2, 0) is 9.84 Å². The van der Waals surface area contributed by atoms with Gasteiger partial charge in [0.2, 0.25) is 9.84 Å². The van der Waals surface area contributed by atoms with Gasteiger partial charge in [-0.2, -0.15) is 0 Å². The SMILES string of the molecule is CNC1CC=C(c2c[nH]c3c(S(=O)(=O)c4cccc(F)c4)ccnc23)CC1. The molecule has 1 aliphatic carbocycles. The van der Waals surface area contributed by atoms with Gasteiger partial charge in [-0.3, -0.25) is 4.98 Å². The Kier molecular flexibility index (Phi) is 4.57. The number of pyridine rings is 1. The summed E-state index contributed by atoms with van der Waals surface area (Å²) >= 11 is 0. The molecule has 0 aliphatic heterocycles. The summed E-state index contributed by atoms with van der Waals surface area (Å²) in [7, 11) is -1.90. The van der Waals surface area contributed by atoms with Gasteiger partial charge in [0.05, 0.1) is 20.8 Å². The third kappa shape index (κ3) is 3.17. The molecule has 0 saturated carbocycles. The molecule has 0 saturated heterocycles. The van der Waals surface area contributed by atoms with Crippen LogP contribution in [0.25, 0.3) is 16.6 Å². The van der Waals surface area contributed by atoms with Crippen molar-refractivity contribution in [3.63, 3.8) is 0 Å². The molecular formula is C20H20FN3O2S. The van der Waals surface area contributed by atoms with Crippen LogP contribution in [0.3, 0.4) is 0 Å². The van der Waals surface area contributed by atoms with Gasteiger partial charge in [-0.25, -0.2) is 12.8 Å². The van der Waals surface area contributed by atoms with Crippen LogP contribution < -0.4 is 5.32 Å². The van der Waals surface area contributed by atoms with Gasteiger partial charge in [0.15, 0.2) is 0 Å². The number of nitrogens with zero attached hydrogens (tertiary/aromatic N) is 1. The predicted molar refractivity (Wildman–Crippen MR) is 103 cm³/mol. The highest BCUT2D eigenvalue weighted by molar-refractivity contribution is 7.91. The van der Waals surface area contributed by atoms with E-state index in [1.54, 1.807) is 0 Å². The number of H-pyrrole nitrogens is 1. The normalized spacial score (nSPS) is 17.9. The highest BCUT2D eigenvalue weighted by Gasteiger charge is 2.24. The van der Waals surface area contributed by atoms with Gasteiger partial charge in [-0.05, 0) is 56.1 Å². The molecule has 140 valence electrons. The molecule has 4 rings (SSSR count). The van der Waals surface area contributed by atoms with Crippen molar-refractivity contribution in [3.8, 4) is 0 Å². The van der Waals surface area contributed by atoms with E-state index < -0.39 is 15.7 Å². The maximum absolute atomic E-state index is 13.5. The number of aromatic amines is 1. The summed E-state index contributed by atoms with van der Waals surface area (Å²) in [4.78, 5) is 7.53. The van der Waals surface area contributed by atoms with Gasteiger partial charge < -0.3 is 10.3 Å². The first-order chi connectivity index (χ1) is 13.0. The molecule has 5 nitrogen and oxygen atoms in total. The van der Waals surface area contributed by atoms with E-state index in [2.05, 4.69) is 21.4 Å². The van der Waals surface area contributed by atoms with E-state index in [1.165, 1.54) is 36.0 Å². The van der Waals surface area contributed by atoms with E-state index >= 15 is 0 Å². The number of sulfone groups is 1. The molecule has 1 aromatic carbocycles. The first-order valence-corrected chi connectivity index (χ1v) is 10.3. The smallest absolute Gasteiger partial charge is 0.208 e. The molecule has 1 aliphatic rings. The number of aromatic nitrogens is 2. The first kappa shape index (κ1) is 17.9. The molecule has 7 heteroatoms. The first-order valence-electron chi connectivity index (χ1n) is 8.84. The lowest BCUT2D eigenvalue weighted by Gasteiger charge is -2.21. The van der Waals surface area contributed by atoms with Crippen LogP contribution in [0, 0.1) is 5.82 Å². The fraction of sp³-hybridized carbons (Fsp3) is 0.250. The zero-order valence-corrected chi connectivity index (χ0v) is 15.7. The minimum atomic E-state index is -3.86. The number of hydrogen-bond acceptors (Lipinski definition) is 4. The quantitative estimate of drug-likeness (QED) is 0.718. The largest absolute Gasteiger partial charge is 0.358 e. The summed E-state index contributed by atoms with van der Waals surface area (Å²) in [6.07, 6.45) is 8.35. The van der Waals surface area contributed by atoms with E-state index in [-0.39, 0.29) is 9.79 Å². The molecule has 0 radical (unpaired) electrons. The van der Waals surface area contributed by atoms with Crippen molar-refractivity contribution in [1.29, 1.82) is 0 Å². The van der Waals surface area contributed by atoms with Gasteiger partial charge in [0.1, 0.15) is 5.82 Å². The second-order valence-corrected chi connectivity index (χ2v) is 8.60. The molecule has 27 heavy (non-hydrogen) atoms. The van der Waals surface area contributed by atoms with Crippen LogP contribution in [0.15, 0.2) is 58.6 Å². The Morgan fingerprint density at radius 1 is 1.30 bits per heavy atom. The number of nitrogens with one attached hydrogen (secondary N) is 2. The van der Waals surface area contributed by atoms with Crippen LogP contribution in [0.1, 0.15) is 24.8 Å². The van der Waals surface area contributed by atoms with Gasteiger partial charge in [0.25, 0.3) is 0 Å². The molecule has 0 amide bonds. The van der Waals surface area contributed by atoms with Crippen molar-refractivity contribution in [2.45, 2.75) is 35.1 Å². The van der Waals surface area contributed by atoms with Crippen molar-refractivity contribution in [3.05, 3.63) is 60.2 Å². The van der Waals surface area contributed by atoms with E-state index in [0.717, 1.165) is 30.9 Å². The highest BCUT2D eigenvalue weighted by atomic mass is 32.2. The Bertz CT molecular complexity index is 1140. The monoisotopic (exact) mass is 385 g/mol. The lowest BCUT2D eigenvalue weighted by Crippen LogP contribution is -2.26. The van der Waals surface area contributed by atoms with E-state index in [0.29, 0.717) is 17.1 Å². The standard InChI is InChI=1S/C20H20FN3O2S/c1-22-15-7-5-13(6-8-15)17-12-24-20-18(9-10-23-19(17)20)27(25,26)16-4-2-3-14(21)11-16/h2-5,9-12,15,22,24H,6-8H2,1H3. The van der Waals surface area contributed by atoms with E-state index in [1.807, 2.05) is 13.2 Å². The molecule has 2 aromatic heterocycles. The fourth-order valence-electron chi connectivity index (χ4n) is 3.57. The summed E-state index contributed by atoms with van der Waals surface area (Å²) in [6.45, 7) is 0. The Morgan fingerprint density at radius 3 is 2.85 bits per heavy atom. The van der Waals surface area contributed by atoms with Crippen molar-refractivity contribution >= 4 is 26.4 Å². The second-order valence-electron chi connectivity index (χ2n) is 6.69. The molecule has 2 heterocycles. The van der Waals surface area contributed by atoms with Crippen LogP contribution in [0.5, 0.6) is 0 Å². The molecule has 2 N–H and O–H groups in total. The Labute approximate surface area is 157 Å². The van der Waals surface area contributed by atoms with Crippen molar-refractivity contribution in [1.82, 2.24) is 15.3 Å². The topological polar surface area (TPSA) is 74.8 Å². The van der Waals surface area contributed by atoms with E-state index in [9.17, 15) is 12.8 Å². The third-order valence-electron chi connectivity index (χ3n) is 5.09. The minimum absolute atomic E-state index is 0.0695. The lowest BCUT2D eigenvalue weighted by molar-refractivity contribution is 0.523. The van der Waals surface area contributed by atoms with E-state index in [4.69, 9.17) is 0 Å². The molecule has 0 fully saturated rings. The molecule has 0 bridgehead atoms. The molecule has 1 unspecified atom stereocenters. The Balaban J connectivity index is 1.81. The zero-order chi connectivity index (χ0) is 19.0. The van der Waals surface area contributed by atoms with Gasteiger partial charge in [0, 0.05) is 24.0 Å². The number of fused-ring (bicyclic) bond motifs is 1. The number of hydrogen-bond donors (Lipinski definition) is 2. The minimum Gasteiger partial charge on any atom is -0.358 e. The van der Waals surface area contributed by atoms with Crippen LogP contribution in [-0.4, -0.2) is 31.5 Å². The molecule has 3 aromatic rings. The summed E-state index contributed by atoms with van der Waals surface area (Å²) in [5, 5.41) is 3.28. The van der Waals surface area contributed by atoms with Crippen LogP contribution in [0.2, 0.25) is 0 Å². The number of benzene rings is 1. The van der Waals surface area contributed by atoms with Crippen molar-refractivity contribution < 1.29 is 12.8 Å². The Hall–Kier alpha value is -2.51. The predicted octanol–water partition coefficient (Wildman–Crippen LogP) is 3.69.